The third-order valence-electron chi connectivity index (χ3n) is 5.05. The van der Waals surface area contributed by atoms with Gasteiger partial charge in [-0.25, -0.2) is 0 Å². The van der Waals surface area contributed by atoms with E-state index in [1.807, 2.05) is 24.3 Å². The number of furan rings is 1. The SMILES string of the molecule is CN=C(NCC(OC)c1ccccc1)NCC(c1ccco1)N1CCCC1. The van der Waals surface area contributed by atoms with Crippen molar-refractivity contribution in [2.75, 3.05) is 40.3 Å². The van der Waals surface area contributed by atoms with Gasteiger partial charge in [0.2, 0.25) is 0 Å². The summed E-state index contributed by atoms with van der Waals surface area (Å²) in [6, 6.07) is 14.4. The molecule has 27 heavy (non-hydrogen) atoms. The molecule has 0 spiro atoms. The van der Waals surface area contributed by atoms with E-state index in [2.05, 4.69) is 38.7 Å². The smallest absolute Gasteiger partial charge is 0.191 e. The molecule has 3 rings (SSSR count). The van der Waals surface area contributed by atoms with Gasteiger partial charge in [0.05, 0.1) is 18.4 Å². The minimum atomic E-state index is -0.0239. The second-order valence-electron chi connectivity index (χ2n) is 6.74. The maximum atomic E-state index is 5.69. The van der Waals surface area contributed by atoms with Crippen molar-refractivity contribution in [2.24, 2.45) is 4.99 Å². The summed E-state index contributed by atoms with van der Waals surface area (Å²) in [6.45, 7) is 3.61. The summed E-state index contributed by atoms with van der Waals surface area (Å²) in [6.07, 6.45) is 4.21. The largest absolute Gasteiger partial charge is 0.468 e. The van der Waals surface area contributed by atoms with Crippen molar-refractivity contribution in [1.82, 2.24) is 15.5 Å². The van der Waals surface area contributed by atoms with Gasteiger partial charge in [-0.2, -0.15) is 0 Å². The van der Waals surface area contributed by atoms with E-state index in [1.165, 1.54) is 12.8 Å². The lowest BCUT2D eigenvalue weighted by molar-refractivity contribution is 0.106. The zero-order valence-corrected chi connectivity index (χ0v) is 16.2. The minimum Gasteiger partial charge on any atom is -0.468 e. The molecule has 0 amide bonds. The molecule has 0 saturated carbocycles. The van der Waals surface area contributed by atoms with E-state index in [1.54, 1.807) is 20.4 Å². The number of hydrogen-bond donors (Lipinski definition) is 2. The standard InChI is InChI=1S/C21H30N4O2/c1-22-21(24-16-20(26-2)17-9-4-3-5-10-17)23-15-18(19-11-8-14-27-19)25-12-6-7-13-25/h3-5,8-11,14,18,20H,6-7,12-13,15-16H2,1-2H3,(H2,22,23,24). The normalized spacial score (nSPS) is 17.6. The van der Waals surface area contributed by atoms with Crippen molar-refractivity contribution >= 4 is 5.96 Å². The summed E-state index contributed by atoms with van der Waals surface area (Å²) in [5.41, 5.74) is 1.15. The molecule has 1 aromatic carbocycles. The lowest BCUT2D eigenvalue weighted by Crippen LogP contribution is -2.43. The lowest BCUT2D eigenvalue weighted by atomic mass is 10.1. The molecule has 2 atom stereocenters. The summed E-state index contributed by atoms with van der Waals surface area (Å²) in [7, 11) is 3.52. The maximum Gasteiger partial charge on any atom is 0.191 e. The maximum absolute atomic E-state index is 5.69. The van der Waals surface area contributed by atoms with Gasteiger partial charge in [-0.05, 0) is 43.6 Å². The monoisotopic (exact) mass is 370 g/mol. The van der Waals surface area contributed by atoms with Gasteiger partial charge in [0.15, 0.2) is 5.96 Å². The van der Waals surface area contributed by atoms with Crippen LogP contribution in [0.3, 0.4) is 0 Å². The van der Waals surface area contributed by atoms with E-state index in [4.69, 9.17) is 9.15 Å². The number of methoxy groups -OCH3 is 1. The summed E-state index contributed by atoms with van der Waals surface area (Å²) in [4.78, 5) is 6.83. The molecular weight excluding hydrogens is 340 g/mol. The van der Waals surface area contributed by atoms with Gasteiger partial charge < -0.3 is 19.8 Å². The number of aliphatic imine (C=N–C) groups is 1. The average molecular weight is 370 g/mol. The fourth-order valence-electron chi connectivity index (χ4n) is 3.55. The predicted molar refractivity (Wildman–Crippen MR) is 108 cm³/mol. The first-order chi connectivity index (χ1) is 13.3. The van der Waals surface area contributed by atoms with Gasteiger partial charge in [-0.3, -0.25) is 9.89 Å². The topological polar surface area (TPSA) is 62.0 Å². The lowest BCUT2D eigenvalue weighted by Gasteiger charge is -2.27. The van der Waals surface area contributed by atoms with Crippen LogP contribution >= 0.6 is 0 Å². The van der Waals surface area contributed by atoms with Gasteiger partial charge >= 0.3 is 0 Å². The summed E-state index contributed by atoms with van der Waals surface area (Å²) in [5, 5.41) is 6.82. The molecule has 2 heterocycles. The van der Waals surface area contributed by atoms with Crippen LogP contribution in [0.2, 0.25) is 0 Å². The highest BCUT2D eigenvalue weighted by Gasteiger charge is 2.25. The van der Waals surface area contributed by atoms with Gasteiger partial charge in [-0.1, -0.05) is 30.3 Å². The molecule has 6 heteroatoms. The fourth-order valence-corrected chi connectivity index (χ4v) is 3.55. The Morgan fingerprint density at radius 2 is 1.85 bits per heavy atom. The molecule has 1 saturated heterocycles. The second-order valence-corrected chi connectivity index (χ2v) is 6.74. The molecule has 1 aromatic heterocycles. The zero-order valence-electron chi connectivity index (χ0n) is 16.2. The van der Waals surface area contributed by atoms with E-state index in [9.17, 15) is 0 Å². The number of benzene rings is 1. The summed E-state index contributed by atoms with van der Waals surface area (Å²) < 4.78 is 11.3. The first-order valence-electron chi connectivity index (χ1n) is 9.61. The minimum absolute atomic E-state index is 0.0239. The third-order valence-corrected chi connectivity index (χ3v) is 5.05. The Morgan fingerprint density at radius 3 is 2.48 bits per heavy atom. The van der Waals surface area contributed by atoms with Gasteiger partial charge in [0.1, 0.15) is 5.76 Å². The van der Waals surface area contributed by atoms with E-state index >= 15 is 0 Å². The van der Waals surface area contributed by atoms with Crippen LogP contribution in [-0.2, 0) is 4.74 Å². The molecule has 2 N–H and O–H groups in total. The number of hydrogen-bond acceptors (Lipinski definition) is 4. The Kier molecular flexibility index (Phi) is 7.30. The van der Waals surface area contributed by atoms with Crippen LogP contribution in [0.5, 0.6) is 0 Å². The van der Waals surface area contributed by atoms with Crippen LogP contribution in [0.4, 0.5) is 0 Å². The van der Waals surface area contributed by atoms with Gasteiger partial charge in [-0.15, -0.1) is 0 Å². The highest BCUT2D eigenvalue weighted by Crippen LogP contribution is 2.24. The van der Waals surface area contributed by atoms with Crippen LogP contribution in [0.25, 0.3) is 0 Å². The van der Waals surface area contributed by atoms with Crippen LogP contribution in [0, 0.1) is 0 Å². The zero-order chi connectivity index (χ0) is 18.9. The highest BCUT2D eigenvalue weighted by molar-refractivity contribution is 5.79. The van der Waals surface area contributed by atoms with Gasteiger partial charge in [0, 0.05) is 27.2 Å². The first-order valence-corrected chi connectivity index (χ1v) is 9.61. The van der Waals surface area contributed by atoms with Crippen LogP contribution in [0.15, 0.2) is 58.1 Å². The van der Waals surface area contributed by atoms with Crippen LogP contribution in [0.1, 0.15) is 36.3 Å². The summed E-state index contributed by atoms with van der Waals surface area (Å²) >= 11 is 0. The molecule has 146 valence electrons. The fraction of sp³-hybridized carbons (Fsp3) is 0.476. The Bertz CT molecular complexity index is 681. The highest BCUT2D eigenvalue weighted by atomic mass is 16.5. The second kappa shape index (κ2) is 10.1. The Morgan fingerprint density at radius 1 is 1.11 bits per heavy atom. The Labute approximate surface area is 161 Å². The van der Waals surface area contributed by atoms with Crippen molar-refractivity contribution in [1.29, 1.82) is 0 Å². The Hall–Kier alpha value is -2.31. The third kappa shape index (κ3) is 5.34. The molecular formula is C21H30N4O2. The molecule has 1 fully saturated rings. The Balaban J connectivity index is 1.56. The summed E-state index contributed by atoms with van der Waals surface area (Å²) in [5.74, 6) is 1.77. The number of ether oxygens (including phenoxy) is 1. The van der Waals surface area contributed by atoms with Crippen molar-refractivity contribution in [3.8, 4) is 0 Å². The molecule has 2 unspecified atom stereocenters. The predicted octanol–water partition coefficient (Wildman–Crippen LogP) is 2.97. The molecule has 0 aliphatic carbocycles. The van der Waals surface area contributed by atoms with Crippen molar-refractivity contribution in [3.63, 3.8) is 0 Å². The van der Waals surface area contributed by atoms with Crippen LogP contribution in [-0.4, -0.2) is 51.2 Å². The van der Waals surface area contributed by atoms with Gasteiger partial charge in [0.25, 0.3) is 0 Å². The first kappa shape index (κ1) is 19.5. The molecule has 1 aliphatic heterocycles. The number of rotatable bonds is 8. The number of nitrogens with one attached hydrogen (secondary N) is 2. The quantitative estimate of drug-likeness (QED) is 0.553. The van der Waals surface area contributed by atoms with Crippen LogP contribution < -0.4 is 10.6 Å². The van der Waals surface area contributed by atoms with Crippen molar-refractivity contribution in [3.05, 3.63) is 60.1 Å². The van der Waals surface area contributed by atoms with E-state index in [-0.39, 0.29) is 12.1 Å². The number of nitrogens with zero attached hydrogens (tertiary/aromatic N) is 2. The van der Waals surface area contributed by atoms with Crippen molar-refractivity contribution < 1.29 is 9.15 Å². The molecule has 1 aliphatic rings. The molecule has 2 aromatic rings. The molecule has 0 radical (unpaired) electrons. The van der Waals surface area contributed by atoms with E-state index < -0.39 is 0 Å². The number of guanidine groups is 1. The molecule has 6 nitrogen and oxygen atoms in total. The van der Waals surface area contributed by atoms with E-state index in [0.29, 0.717) is 6.54 Å². The van der Waals surface area contributed by atoms with Crippen molar-refractivity contribution in [2.45, 2.75) is 25.0 Å². The van der Waals surface area contributed by atoms with E-state index in [0.717, 1.165) is 36.9 Å². The number of likely N-dealkylation sites (tertiary alicyclic amines) is 1. The average Bonchev–Trinajstić information content (AvgIpc) is 3.42. The molecule has 0 bridgehead atoms.